The van der Waals surface area contributed by atoms with Gasteiger partial charge in [-0.15, -0.1) is 0 Å². The van der Waals surface area contributed by atoms with Crippen molar-refractivity contribution in [2.75, 3.05) is 0 Å². The average Bonchev–Trinajstić information content (AvgIpc) is 1.91. The smallest absolute Gasteiger partial charge is 0.120 e. The molecular formula is C7H14BN. The van der Waals surface area contributed by atoms with Crippen molar-refractivity contribution in [1.82, 2.24) is 5.32 Å². The van der Waals surface area contributed by atoms with Crippen LogP contribution in [0.4, 0.5) is 0 Å². The van der Waals surface area contributed by atoms with Crippen LogP contribution in [0.2, 0.25) is 12.6 Å². The van der Waals surface area contributed by atoms with Crippen LogP contribution in [0.25, 0.3) is 0 Å². The highest BCUT2D eigenvalue weighted by Gasteiger charge is 2.10. The van der Waals surface area contributed by atoms with E-state index in [1.165, 1.54) is 32.8 Å². The largest absolute Gasteiger partial charge is 0.389 e. The maximum absolute atomic E-state index is 3.64. The zero-order valence-electron chi connectivity index (χ0n) is 5.90. The molecule has 0 aromatic carbocycles. The highest BCUT2D eigenvalue weighted by atomic mass is 14.9. The molecule has 0 aliphatic carbocycles. The van der Waals surface area contributed by atoms with Crippen molar-refractivity contribution in [2.45, 2.75) is 31.5 Å². The highest BCUT2D eigenvalue weighted by molar-refractivity contribution is 6.35. The zero-order chi connectivity index (χ0) is 6.53. The lowest BCUT2D eigenvalue weighted by Gasteiger charge is -2.20. The van der Waals surface area contributed by atoms with E-state index in [9.17, 15) is 0 Å². The van der Waals surface area contributed by atoms with Gasteiger partial charge in [0.15, 0.2) is 0 Å². The zero-order valence-corrected chi connectivity index (χ0v) is 5.90. The minimum Gasteiger partial charge on any atom is -0.389 e. The Morgan fingerprint density at radius 2 is 2.11 bits per heavy atom. The van der Waals surface area contributed by atoms with Gasteiger partial charge < -0.3 is 5.32 Å². The molecule has 0 radical (unpaired) electrons. The SMILES string of the molecule is C=CNC1CCBCC1. The van der Waals surface area contributed by atoms with Crippen molar-refractivity contribution in [3.8, 4) is 0 Å². The van der Waals surface area contributed by atoms with Crippen LogP contribution >= 0.6 is 0 Å². The summed E-state index contributed by atoms with van der Waals surface area (Å²) in [7, 11) is 1.43. The molecule has 50 valence electrons. The summed E-state index contributed by atoms with van der Waals surface area (Å²) in [6.07, 6.45) is 7.28. The van der Waals surface area contributed by atoms with Gasteiger partial charge in [0.2, 0.25) is 0 Å². The normalized spacial score (nSPS) is 20.4. The van der Waals surface area contributed by atoms with Crippen molar-refractivity contribution in [3.63, 3.8) is 0 Å². The van der Waals surface area contributed by atoms with Crippen LogP contribution in [0.5, 0.6) is 0 Å². The second kappa shape index (κ2) is 3.60. The molecule has 1 rings (SSSR count). The monoisotopic (exact) mass is 123 g/mol. The van der Waals surface area contributed by atoms with E-state index < -0.39 is 0 Å². The van der Waals surface area contributed by atoms with Crippen LogP contribution < -0.4 is 5.32 Å². The molecule has 0 aromatic rings. The second-order valence-electron chi connectivity index (χ2n) is 2.71. The molecule has 2 heteroatoms. The Balaban J connectivity index is 2.15. The van der Waals surface area contributed by atoms with Crippen molar-refractivity contribution >= 4 is 7.28 Å². The minimum atomic E-state index is 0.733. The number of hydrogen-bond acceptors (Lipinski definition) is 1. The van der Waals surface area contributed by atoms with E-state index in [1.54, 1.807) is 0 Å². The summed E-state index contributed by atoms with van der Waals surface area (Å²) in [5.74, 6) is 0. The van der Waals surface area contributed by atoms with Gasteiger partial charge in [-0.2, -0.15) is 0 Å². The van der Waals surface area contributed by atoms with Crippen LogP contribution in [0.3, 0.4) is 0 Å². The fourth-order valence-corrected chi connectivity index (χ4v) is 1.44. The average molecular weight is 123 g/mol. The molecule has 0 saturated carbocycles. The van der Waals surface area contributed by atoms with E-state index in [1.807, 2.05) is 6.20 Å². The van der Waals surface area contributed by atoms with E-state index in [0.29, 0.717) is 0 Å². The lowest BCUT2D eigenvalue weighted by molar-refractivity contribution is 0.534. The first-order chi connectivity index (χ1) is 4.43. The standard InChI is InChI=1S/C7H14BN/c1-2-9-7-3-5-8-6-4-7/h2,7-9H,1,3-6H2. The predicted molar refractivity (Wildman–Crippen MR) is 43.1 cm³/mol. The van der Waals surface area contributed by atoms with Crippen LogP contribution in [0.15, 0.2) is 12.8 Å². The molecule has 9 heavy (non-hydrogen) atoms. The molecule has 0 bridgehead atoms. The lowest BCUT2D eigenvalue weighted by Crippen LogP contribution is -2.27. The van der Waals surface area contributed by atoms with Crippen LogP contribution in [0, 0.1) is 0 Å². The van der Waals surface area contributed by atoms with Crippen molar-refractivity contribution < 1.29 is 0 Å². The molecule has 1 nitrogen and oxygen atoms in total. The third-order valence-electron chi connectivity index (χ3n) is 1.96. The van der Waals surface area contributed by atoms with Crippen LogP contribution in [-0.4, -0.2) is 13.3 Å². The van der Waals surface area contributed by atoms with E-state index in [-0.39, 0.29) is 0 Å². The topological polar surface area (TPSA) is 12.0 Å². The molecule has 0 aromatic heterocycles. The van der Waals surface area contributed by atoms with Gasteiger partial charge in [-0.25, -0.2) is 0 Å². The molecule has 1 N–H and O–H groups in total. The van der Waals surface area contributed by atoms with Crippen molar-refractivity contribution in [3.05, 3.63) is 12.8 Å². The number of nitrogens with one attached hydrogen (secondary N) is 1. The first kappa shape index (κ1) is 6.72. The van der Waals surface area contributed by atoms with Gasteiger partial charge in [-0.1, -0.05) is 19.2 Å². The Hall–Kier alpha value is -0.395. The summed E-state index contributed by atoms with van der Waals surface area (Å²) in [5, 5.41) is 3.25. The molecule has 0 atom stereocenters. The molecule has 0 spiro atoms. The predicted octanol–water partition coefficient (Wildman–Crippen LogP) is 1.15. The van der Waals surface area contributed by atoms with Crippen LogP contribution in [-0.2, 0) is 0 Å². The maximum Gasteiger partial charge on any atom is 0.120 e. The van der Waals surface area contributed by atoms with Gasteiger partial charge in [0.05, 0.1) is 0 Å². The Morgan fingerprint density at radius 3 is 2.67 bits per heavy atom. The molecule has 1 heterocycles. The summed E-state index contributed by atoms with van der Waals surface area (Å²) in [6, 6.07) is 0.733. The van der Waals surface area contributed by atoms with Crippen molar-refractivity contribution in [1.29, 1.82) is 0 Å². The molecule has 0 amide bonds. The molecule has 1 aliphatic rings. The van der Waals surface area contributed by atoms with Gasteiger partial charge >= 0.3 is 0 Å². The van der Waals surface area contributed by atoms with E-state index in [4.69, 9.17) is 0 Å². The molecule has 1 saturated heterocycles. The molecule has 1 fully saturated rings. The summed E-state index contributed by atoms with van der Waals surface area (Å²) in [5.41, 5.74) is 0. The summed E-state index contributed by atoms with van der Waals surface area (Å²) < 4.78 is 0. The number of hydrogen-bond donors (Lipinski definition) is 1. The van der Waals surface area contributed by atoms with Gasteiger partial charge in [-0.3, -0.25) is 0 Å². The third kappa shape index (κ3) is 2.12. The highest BCUT2D eigenvalue weighted by Crippen LogP contribution is 2.12. The van der Waals surface area contributed by atoms with E-state index in [0.717, 1.165) is 6.04 Å². The quantitative estimate of drug-likeness (QED) is 0.543. The minimum absolute atomic E-state index is 0.733. The molecule has 1 aliphatic heterocycles. The second-order valence-corrected chi connectivity index (χ2v) is 2.71. The molecular weight excluding hydrogens is 109 g/mol. The molecule has 0 unspecified atom stereocenters. The third-order valence-corrected chi connectivity index (χ3v) is 1.96. The van der Waals surface area contributed by atoms with Gasteiger partial charge in [0.25, 0.3) is 0 Å². The van der Waals surface area contributed by atoms with Crippen molar-refractivity contribution in [2.24, 2.45) is 0 Å². The van der Waals surface area contributed by atoms with Gasteiger partial charge in [0, 0.05) is 6.04 Å². The Bertz CT molecular complexity index is 86.9. The van der Waals surface area contributed by atoms with Gasteiger partial charge in [0.1, 0.15) is 7.28 Å². The first-order valence-electron chi connectivity index (χ1n) is 3.80. The summed E-state index contributed by atoms with van der Waals surface area (Å²) >= 11 is 0. The lowest BCUT2D eigenvalue weighted by atomic mass is 9.63. The van der Waals surface area contributed by atoms with E-state index >= 15 is 0 Å². The van der Waals surface area contributed by atoms with E-state index in [2.05, 4.69) is 11.9 Å². The Labute approximate surface area is 57.8 Å². The fraction of sp³-hybridized carbons (Fsp3) is 0.714. The Morgan fingerprint density at radius 1 is 1.44 bits per heavy atom. The van der Waals surface area contributed by atoms with Gasteiger partial charge in [-0.05, 0) is 19.0 Å². The Kier molecular flexibility index (Phi) is 2.69. The number of rotatable bonds is 2. The fourth-order valence-electron chi connectivity index (χ4n) is 1.44. The first-order valence-corrected chi connectivity index (χ1v) is 3.80. The summed E-state index contributed by atoms with van der Waals surface area (Å²) in [6.45, 7) is 3.64. The summed E-state index contributed by atoms with van der Waals surface area (Å²) in [4.78, 5) is 0. The van der Waals surface area contributed by atoms with Crippen LogP contribution in [0.1, 0.15) is 12.8 Å². The maximum atomic E-state index is 3.64.